The fourth-order valence-corrected chi connectivity index (χ4v) is 5.17. The van der Waals surface area contributed by atoms with E-state index in [9.17, 15) is 5.21 Å². The molecule has 5 rings (SSSR count). The Kier molecular flexibility index (Phi) is 3.74. The van der Waals surface area contributed by atoms with Crippen LogP contribution in [0.4, 0.5) is 5.82 Å². The molecule has 27 heavy (non-hydrogen) atoms. The molecule has 0 aliphatic carbocycles. The van der Waals surface area contributed by atoms with Gasteiger partial charge in [-0.15, -0.1) is 10.2 Å². The van der Waals surface area contributed by atoms with Crippen molar-refractivity contribution in [1.29, 1.82) is 0 Å². The van der Waals surface area contributed by atoms with Crippen molar-refractivity contribution < 1.29 is 9.47 Å². The van der Waals surface area contributed by atoms with Gasteiger partial charge < -0.3 is 9.94 Å². The van der Waals surface area contributed by atoms with Crippen molar-refractivity contribution in [1.82, 2.24) is 15.2 Å². The summed E-state index contributed by atoms with van der Waals surface area (Å²) in [5, 5.41) is 29.3. The van der Waals surface area contributed by atoms with Crippen LogP contribution in [0.2, 0.25) is 0 Å². The molecular formula is C18H22N6O2S. The Morgan fingerprint density at radius 1 is 1.30 bits per heavy atom. The molecule has 2 aromatic heterocycles. The molecule has 2 saturated heterocycles. The Labute approximate surface area is 161 Å². The molecule has 0 saturated carbocycles. The molecule has 2 bridgehead atoms. The molecule has 0 spiro atoms. The number of hydrogen-bond donors (Lipinski definition) is 0. The first-order valence-electron chi connectivity index (χ1n) is 9.32. The molecule has 0 radical (unpaired) electrons. The number of rotatable bonds is 2. The standard InChI is InChI=1S/C18H22N6O2S/c1-18(2,3)17-21-20-16(27-17)14-11-8-10-4-5-12(26-10)15(11)24(22-14)13-9-23(25)7-6-19-13/h6-7,9-12,15H,4-5,8H2,1-3H3. The maximum atomic E-state index is 11.8. The lowest BCUT2D eigenvalue weighted by Crippen LogP contribution is -2.48. The van der Waals surface area contributed by atoms with Crippen LogP contribution in [0.5, 0.6) is 0 Å². The molecule has 2 fully saturated rings. The maximum absolute atomic E-state index is 11.8. The van der Waals surface area contributed by atoms with Crippen molar-refractivity contribution in [3.05, 3.63) is 33.8 Å². The van der Waals surface area contributed by atoms with Gasteiger partial charge in [0.05, 0.1) is 24.4 Å². The predicted octanol–water partition coefficient (Wildman–Crippen LogP) is 2.02. The van der Waals surface area contributed by atoms with E-state index in [1.165, 1.54) is 18.6 Å². The number of anilines is 1. The van der Waals surface area contributed by atoms with Crippen molar-refractivity contribution in [2.75, 3.05) is 5.01 Å². The van der Waals surface area contributed by atoms with E-state index in [2.05, 4.69) is 36.0 Å². The fourth-order valence-electron chi connectivity index (χ4n) is 4.22. The van der Waals surface area contributed by atoms with Gasteiger partial charge in [-0.1, -0.05) is 32.1 Å². The summed E-state index contributed by atoms with van der Waals surface area (Å²) in [6, 6.07) is 0.0515. The minimum Gasteiger partial charge on any atom is -0.619 e. The highest BCUT2D eigenvalue weighted by Crippen LogP contribution is 2.45. The van der Waals surface area contributed by atoms with Crippen LogP contribution in [0.25, 0.3) is 0 Å². The molecule has 2 aromatic rings. The van der Waals surface area contributed by atoms with Gasteiger partial charge >= 0.3 is 0 Å². The minimum absolute atomic E-state index is 0.0437. The van der Waals surface area contributed by atoms with Crippen LogP contribution >= 0.6 is 11.3 Å². The van der Waals surface area contributed by atoms with Crippen molar-refractivity contribution in [2.45, 2.75) is 63.7 Å². The molecule has 4 atom stereocenters. The lowest BCUT2D eigenvalue weighted by molar-refractivity contribution is -0.605. The predicted molar refractivity (Wildman–Crippen MR) is 101 cm³/mol. The zero-order chi connectivity index (χ0) is 18.8. The highest BCUT2D eigenvalue weighted by atomic mass is 32.1. The minimum atomic E-state index is -0.0437. The van der Waals surface area contributed by atoms with Crippen LogP contribution in [0, 0.1) is 11.1 Å². The van der Waals surface area contributed by atoms with E-state index in [1.54, 1.807) is 11.3 Å². The van der Waals surface area contributed by atoms with Gasteiger partial charge in [0.2, 0.25) is 12.0 Å². The first-order valence-corrected chi connectivity index (χ1v) is 10.1. The molecule has 8 nitrogen and oxygen atoms in total. The van der Waals surface area contributed by atoms with E-state index in [1.807, 2.05) is 5.01 Å². The van der Waals surface area contributed by atoms with Crippen molar-refractivity contribution >= 4 is 22.9 Å². The summed E-state index contributed by atoms with van der Waals surface area (Å²) in [6.45, 7) is 6.41. The van der Waals surface area contributed by atoms with Crippen molar-refractivity contribution in [2.24, 2.45) is 11.0 Å². The van der Waals surface area contributed by atoms with E-state index in [0.29, 0.717) is 5.82 Å². The van der Waals surface area contributed by atoms with Crippen LogP contribution in [-0.4, -0.2) is 39.1 Å². The van der Waals surface area contributed by atoms with Gasteiger partial charge in [0.15, 0.2) is 11.2 Å². The second kappa shape index (κ2) is 5.93. The van der Waals surface area contributed by atoms with E-state index in [-0.39, 0.29) is 29.6 Å². The lowest BCUT2D eigenvalue weighted by Gasteiger charge is -2.35. The number of hydrazone groups is 1. The molecule has 0 N–H and O–H groups in total. The average molecular weight is 386 g/mol. The number of fused-ring (bicyclic) bond motifs is 4. The molecule has 3 aliphatic heterocycles. The second-order valence-electron chi connectivity index (χ2n) is 8.47. The van der Waals surface area contributed by atoms with Gasteiger partial charge in [-0.2, -0.15) is 9.83 Å². The van der Waals surface area contributed by atoms with Crippen LogP contribution in [0.15, 0.2) is 23.7 Å². The third kappa shape index (κ3) is 2.80. The molecule has 142 valence electrons. The Bertz CT molecular complexity index is 907. The maximum Gasteiger partial charge on any atom is 0.224 e. The van der Waals surface area contributed by atoms with Gasteiger partial charge in [-0.25, -0.2) is 9.99 Å². The monoisotopic (exact) mass is 386 g/mol. The van der Waals surface area contributed by atoms with Crippen molar-refractivity contribution in [3.8, 4) is 0 Å². The molecule has 0 aromatic carbocycles. The lowest BCUT2D eigenvalue weighted by atomic mass is 9.87. The molecule has 4 unspecified atom stereocenters. The Morgan fingerprint density at radius 2 is 2.15 bits per heavy atom. The molecule has 5 heterocycles. The SMILES string of the molecule is CC(C)(C)c1nnc(C2=NN(c3c[n+]([O-])ccn3)C3C4CCC(CC23)O4)s1. The van der Waals surface area contributed by atoms with Gasteiger partial charge in [-0.3, -0.25) is 0 Å². The van der Waals surface area contributed by atoms with Gasteiger partial charge in [0, 0.05) is 11.3 Å². The first kappa shape index (κ1) is 17.0. The normalized spacial score (nSPS) is 29.7. The van der Waals surface area contributed by atoms with E-state index < -0.39 is 0 Å². The zero-order valence-corrected chi connectivity index (χ0v) is 16.4. The third-order valence-corrected chi connectivity index (χ3v) is 6.85. The number of aromatic nitrogens is 4. The topological polar surface area (TPSA) is 90.4 Å². The van der Waals surface area contributed by atoms with Crippen molar-refractivity contribution in [3.63, 3.8) is 0 Å². The average Bonchev–Trinajstić information content (AvgIpc) is 3.32. The van der Waals surface area contributed by atoms with E-state index in [4.69, 9.17) is 9.84 Å². The molecule has 9 heteroatoms. The third-order valence-electron chi connectivity index (χ3n) is 5.48. The number of ether oxygens (including phenoxy) is 1. The molecular weight excluding hydrogens is 364 g/mol. The zero-order valence-electron chi connectivity index (χ0n) is 15.6. The highest BCUT2D eigenvalue weighted by Gasteiger charge is 2.52. The smallest absolute Gasteiger partial charge is 0.224 e. The summed E-state index contributed by atoms with van der Waals surface area (Å²) in [6.07, 6.45) is 7.75. The Hall–Kier alpha value is -2.13. The summed E-state index contributed by atoms with van der Waals surface area (Å²) in [4.78, 5) is 4.38. The van der Waals surface area contributed by atoms with Crippen LogP contribution < -0.4 is 9.74 Å². The highest BCUT2D eigenvalue weighted by molar-refractivity contribution is 7.13. The van der Waals surface area contributed by atoms with Gasteiger partial charge in [0.1, 0.15) is 10.7 Å². The quantitative estimate of drug-likeness (QED) is 0.579. The van der Waals surface area contributed by atoms with Crippen LogP contribution in [-0.2, 0) is 10.2 Å². The summed E-state index contributed by atoms with van der Waals surface area (Å²) >= 11 is 1.61. The second-order valence-corrected chi connectivity index (χ2v) is 9.45. The molecule has 0 amide bonds. The summed E-state index contributed by atoms with van der Waals surface area (Å²) in [7, 11) is 0. The van der Waals surface area contributed by atoms with Gasteiger partial charge in [0.25, 0.3) is 0 Å². The Balaban J connectivity index is 1.57. The summed E-state index contributed by atoms with van der Waals surface area (Å²) < 4.78 is 6.94. The van der Waals surface area contributed by atoms with Gasteiger partial charge in [-0.05, 0) is 19.3 Å². The van der Waals surface area contributed by atoms with E-state index in [0.717, 1.165) is 39.7 Å². The fraction of sp³-hybridized carbons (Fsp3) is 0.611. The largest absolute Gasteiger partial charge is 0.619 e. The van der Waals surface area contributed by atoms with Crippen LogP contribution in [0.1, 0.15) is 50.0 Å². The first-order chi connectivity index (χ1) is 12.9. The summed E-state index contributed by atoms with van der Waals surface area (Å²) in [5.41, 5.74) is 0.911. The summed E-state index contributed by atoms with van der Waals surface area (Å²) in [5.74, 6) is 0.770. The Morgan fingerprint density at radius 3 is 2.89 bits per heavy atom. The molecule has 3 aliphatic rings. The number of nitrogens with zero attached hydrogens (tertiary/aromatic N) is 6. The van der Waals surface area contributed by atoms with E-state index >= 15 is 0 Å². The number of hydrogen-bond acceptors (Lipinski definition) is 8. The van der Waals surface area contributed by atoms with Crippen LogP contribution in [0.3, 0.4) is 0 Å².